The maximum Gasteiger partial charge on any atom is 0.233 e. The van der Waals surface area contributed by atoms with E-state index >= 15 is 0 Å². The van der Waals surface area contributed by atoms with Gasteiger partial charge in [0.05, 0.1) is 11.6 Å². The standard InChI is InChI=1S/C11H17ClN2OS/c1-8(2)4-14-11(15)6-13-5-10-3-9(12)7-16-10/h3,7-8,13H,4-6H2,1-2H3,(H,14,15). The van der Waals surface area contributed by atoms with Crippen LogP contribution in [0.5, 0.6) is 0 Å². The van der Waals surface area contributed by atoms with Crippen LogP contribution in [0.15, 0.2) is 11.4 Å². The van der Waals surface area contributed by atoms with Crippen LogP contribution >= 0.6 is 22.9 Å². The molecule has 2 N–H and O–H groups in total. The van der Waals surface area contributed by atoms with Crippen LogP contribution in [-0.4, -0.2) is 19.0 Å². The van der Waals surface area contributed by atoms with E-state index in [1.807, 2.05) is 11.4 Å². The molecule has 1 aromatic heterocycles. The van der Waals surface area contributed by atoms with Gasteiger partial charge >= 0.3 is 0 Å². The predicted octanol–water partition coefficient (Wildman–Crippen LogP) is 2.26. The van der Waals surface area contributed by atoms with E-state index in [-0.39, 0.29) is 5.91 Å². The molecular weight excluding hydrogens is 244 g/mol. The summed E-state index contributed by atoms with van der Waals surface area (Å²) in [5, 5.41) is 8.57. The van der Waals surface area contributed by atoms with Crippen molar-refractivity contribution in [3.05, 3.63) is 21.3 Å². The Morgan fingerprint density at radius 2 is 2.31 bits per heavy atom. The number of hydrogen-bond donors (Lipinski definition) is 2. The first-order chi connectivity index (χ1) is 7.58. The average Bonchev–Trinajstić information content (AvgIpc) is 2.61. The molecular formula is C11H17ClN2OS. The maximum atomic E-state index is 11.3. The molecule has 0 spiro atoms. The van der Waals surface area contributed by atoms with Crippen molar-refractivity contribution in [3.63, 3.8) is 0 Å². The van der Waals surface area contributed by atoms with Crippen LogP contribution < -0.4 is 10.6 Å². The second-order valence-electron chi connectivity index (χ2n) is 4.03. The summed E-state index contributed by atoms with van der Waals surface area (Å²) in [5.74, 6) is 0.524. The summed E-state index contributed by atoms with van der Waals surface area (Å²) >= 11 is 7.38. The molecule has 1 rings (SSSR count). The van der Waals surface area contributed by atoms with Crippen LogP contribution in [0.1, 0.15) is 18.7 Å². The topological polar surface area (TPSA) is 41.1 Å². The molecule has 0 aliphatic carbocycles. The molecule has 0 aliphatic rings. The number of thiophene rings is 1. The molecule has 0 unspecified atom stereocenters. The van der Waals surface area contributed by atoms with E-state index in [0.717, 1.165) is 16.4 Å². The summed E-state index contributed by atoms with van der Waals surface area (Å²) in [5.41, 5.74) is 0. The first kappa shape index (κ1) is 13.5. The number of hydrogen-bond acceptors (Lipinski definition) is 3. The Hall–Kier alpha value is -0.580. The number of rotatable bonds is 6. The summed E-state index contributed by atoms with van der Waals surface area (Å²) in [6, 6.07) is 1.91. The predicted molar refractivity (Wildman–Crippen MR) is 68.9 cm³/mol. The molecule has 0 fully saturated rings. The van der Waals surface area contributed by atoms with Gasteiger partial charge in [0.15, 0.2) is 0 Å². The van der Waals surface area contributed by atoms with Crippen LogP contribution in [0.25, 0.3) is 0 Å². The van der Waals surface area contributed by atoms with Crippen LogP contribution in [0, 0.1) is 5.92 Å². The lowest BCUT2D eigenvalue weighted by molar-refractivity contribution is -0.120. The van der Waals surface area contributed by atoms with Crippen LogP contribution in [-0.2, 0) is 11.3 Å². The summed E-state index contributed by atoms with van der Waals surface area (Å²) in [6.45, 7) is 5.91. The molecule has 0 aromatic carbocycles. The zero-order chi connectivity index (χ0) is 12.0. The van der Waals surface area contributed by atoms with E-state index in [9.17, 15) is 4.79 Å². The molecule has 0 saturated heterocycles. The molecule has 1 aromatic rings. The third-order valence-corrected chi connectivity index (χ3v) is 3.20. The minimum Gasteiger partial charge on any atom is -0.355 e. The van der Waals surface area contributed by atoms with Crippen molar-refractivity contribution in [2.75, 3.05) is 13.1 Å². The van der Waals surface area contributed by atoms with Crippen molar-refractivity contribution >= 4 is 28.8 Å². The normalized spacial score (nSPS) is 10.8. The van der Waals surface area contributed by atoms with Gasteiger partial charge in [0.25, 0.3) is 0 Å². The SMILES string of the molecule is CC(C)CNC(=O)CNCc1cc(Cl)cs1. The molecule has 0 radical (unpaired) electrons. The van der Waals surface area contributed by atoms with Gasteiger partial charge in [0.1, 0.15) is 0 Å². The van der Waals surface area contributed by atoms with E-state index in [1.165, 1.54) is 0 Å². The van der Waals surface area contributed by atoms with E-state index in [4.69, 9.17) is 11.6 Å². The molecule has 3 nitrogen and oxygen atoms in total. The van der Waals surface area contributed by atoms with E-state index in [2.05, 4.69) is 24.5 Å². The Labute approximate surface area is 105 Å². The quantitative estimate of drug-likeness (QED) is 0.824. The highest BCUT2D eigenvalue weighted by atomic mass is 35.5. The summed E-state index contributed by atoms with van der Waals surface area (Å²) in [4.78, 5) is 12.5. The molecule has 90 valence electrons. The third-order valence-electron chi connectivity index (χ3n) is 1.91. The third kappa shape index (κ3) is 5.49. The average molecular weight is 261 g/mol. The van der Waals surface area contributed by atoms with Gasteiger partial charge in [-0.2, -0.15) is 0 Å². The number of nitrogens with one attached hydrogen (secondary N) is 2. The lowest BCUT2D eigenvalue weighted by atomic mass is 10.2. The Kier molecular flexibility index (Phi) is 5.80. The number of carbonyl (C=O) groups excluding carboxylic acids is 1. The van der Waals surface area contributed by atoms with Gasteiger partial charge in [-0.1, -0.05) is 25.4 Å². The zero-order valence-corrected chi connectivity index (χ0v) is 11.1. The fourth-order valence-electron chi connectivity index (χ4n) is 1.13. The first-order valence-corrected chi connectivity index (χ1v) is 6.54. The van der Waals surface area contributed by atoms with Gasteiger partial charge in [0, 0.05) is 23.3 Å². The number of carbonyl (C=O) groups is 1. The fraction of sp³-hybridized carbons (Fsp3) is 0.545. The van der Waals surface area contributed by atoms with Gasteiger partial charge in [-0.25, -0.2) is 0 Å². The molecule has 1 heterocycles. The molecule has 0 saturated carbocycles. The van der Waals surface area contributed by atoms with Gasteiger partial charge in [-0.05, 0) is 12.0 Å². The molecule has 0 aliphatic heterocycles. The minimum absolute atomic E-state index is 0.0383. The second kappa shape index (κ2) is 6.89. The summed E-state index contributed by atoms with van der Waals surface area (Å²) < 4.78 is 0. The van der Waals surface area contributed by atoms with Gasteiger partial charge in [0.2, 0.25) is 5.91 Å². The van der Waals surface area contributed by atoms with Gasteiger partial charge in [-0.3, -0.25) is 4.79 Å². The van der Waals surface area contributed by atoms with Gasteiger partial charge in [-0.15, -0.1) is 11.3 Å². The van der Waals surface area contributed by atoms with Crippen molar-refractivity contribution in [1.82, 2.24) is 10.6 Å². The molecule has 5 heteroatoms. The minimum atomic E-state index is 0.0383. The zero-order valence-electron chi connectivity index (χ0n) is 9.55. The monoisotopic (exact) mass is 260 g/mol. The molecule has 1 amide bonds. The highest BCUT2D eigenvalue weighted by Gasteiger charge is 2.02. The summed E-state index contributed by atoms with van der Waals surface area (Å²) in [6.07, 6.45) is 0. The largest absolute Gasteiger partial charge is 0.355 e. The molecule has 0 atom stereocenters. The molecule has 16 heavy (non-hydrogen) atoms. The lowest BCUT2D eigenvalue weighted by Gasteiger charge is -2.07. The Morgan fingerprint density at radius 1 is 1.56 bits per heavy atom. The van der Waals surface area contributed by atoms with Crippen LogP contribution in [0.4, 0.5) is 0 Å². The Balaban J connectivity index is 2.13. The first-order valence-electron chi connectivity index (χ1n) is 5.28. The van der Waals surface area contributed by atoms with E-state index in [0.29, 0.717) is 19.0 Å². The van der Waals surface area contributed by atoms with Gasteiger partial charge < -0.3 is 10.6 Å². The van der Waals surface area contributed by atoms with Crippen molar-refractivity contribution in [3.8, 4) is 0 Å². The number of halogens is 1. The van der Waals surface area contributed by atoms with E-state index in [1.54, 1.807) is 11.3 Å². The molecule has 0 bridgehead atoms. The lowest BCUT2D eigenvalue weighted by Crippen LogP contribution is -2.35. The van der Waals surface area contributed by atoms with Crippen molar-refractivity contribution in [2.24, 2.45) is 5.92 Å². The Bertz CT molecular complexity index is 338. The maximum absolute atomic E-state index is 11.3. The second-order valence-corrected chi connectivity index (χ2v) is 5.46. The van der Waals surface area contributed by atoms with Crippen LogP contribution in [0.3, 0.4) is 0 Å². The Morgan fingerprint density at radius 3 is 2.88 bits per heavy atom. The van der Waals surface area contributed by atoms with Crippen molar-refractivity contribution < 1.29 is 4.79 Å². The van der Waals surface area contributed by atoms with Crippen molar-refractivity contribution in [2.45, 2.75) is 20.4 Å². The smallest absolute Gasteiger partial charge is 0.233 e. The summed E-state index contributed by atoms with van der Waals surface area (Å²) in [7, 11) is 0. The van der Waals surface area contributed by atoms with Crippen molar-refractivity contribution in [1.29, 1.82) is 0 Å². The highest BCUT2D eigenvalue weighted by molar-refractivity contribution is 7.10. The van der Waals surface area contributed by atoms with Crippen LogP contribution in [0.2, 0.25) is 5.02 Å². The highest BCUT2D eigenvalue weighted by Crippen LogP contribution is 2.18. The number of amides is 1. The van der Waals surface area contributed by atoms with E-state index < -0.39 is 0 Å². The fourth-order valence-corrected chi connectivity index (χ4v) is 2.17.